The summed E-state index contributed by atoms with van der Waals surface area (Å²) >= 11 is 0. The van der Waals surface area contributed by atoms with Crippen molar-refractivity contribution in [1.82, 2.24) is 10.1 Å². The minimum Gasteiger partial charge on any atom is -0.361 e. The number of hydrogen-bond acceptors (Lipinski definition) is 3. The Bertz CT molecular complexity index is 638. The zero-order valence-corrected chi connectivity index (χ0v) is 11.2. The zero-order valence-electron chi connectivity index (χ0n) is 11.2. The number of likely N-dealkylation sites (tertiary alicyclic amines) is 1. The van der Waals surface area contributed by atoms with Crippen molar-refractivity contribution in [3.8, 4) is 0 Å². The molecule has 1 fully saturated rings. The van der Waals surface area contributed by atoms with Crippen molar-refractivity contribution in [2.45, 2.75) is 25.8 Å². The Hall–Kier alpha value is -2.17. The van der Waals surface area contributed by atoms with E-state index in [0.29, 0.717) is 17.9 Å². The number of nitrogens with zero attached hydrogens (tertiary/aromatic N) is 2. The van der Waals surface area contributed by atoms with Crippen molar-refractivity contribution in [3.05, 3.63) is 53.2 Å². The molecule has 20 heavy (non-hydrogen) atoms. The maximum absolute atomic E-state index is 13.9. The number of aromatic nitrogens is 1. The molecule has 2 aromatic rings. The molecule has 1 aliphatic heterocycles. The average Bonchev–Trinajstić information content (AvgIpc) is 3.07. The Morgan fingerprint density at radius 1 is 1.45 bits per heavy atom. The van der Waals surface area contributed by atoms with Gasteiger partial charge < -0.3 is 9.42 Å². The summed E-state index contributed by atoms with van der Waals surface area (Å²) in [7, 11) is 0. The molecule has 1 aliphatic rings. The fraction of sp³-hybridized carbons (Fsp3) is 0.333. The van der Waals surface area contributed by atoms with Crippen LogP contribution < -0.4 is 0 Å². The first-order valence-electron chi connectivity index (χ1n) is 6.65. The number of carbonyl (C=O) groups is 1. The zero-order chi connectivity index (χ0) is 14.1. The summed E-state index contributed by atoms with van der Waals surface area (Å²) in [4.78, 5) is 14.1. The molecule has 4 nitrogen and oxygen atoms in total. The highest BCUT2D eigenvalue weighted by molar-refractivity contribution is 5.92. The third-order valence-corrected chi connectivity index (χ3v) is 3.62. The maximum atomic E-state index is 13.9. The predicted molar refractivity (Wildman–Crippen MR) is 70.7 cm³/mol. The largest absolute Gasteiger partial charge is 0.361 e. The van der Waals surface area contributed by atoms with Gasteiger partial charge in [0.05, 0.1) is 6.04 Å². The lowest BCUT2D eigenvalue weighted by Gasteiger charge is -2.24. The normalized spacial score (nSPS) is 18.5. The van der Waals surface area contributed by atoms with Crippen LogP contribution in [0.25, 0.3) is 0 Å². The second kappa shape index (κ2) is 5.07. The monoisotopic (exact) mass is 274 g/mol. The van der Waals surface area contributed by atoms with Gasteiger partial charge in [0.2, 0.25) is 0 Å². The molecule has 1 amide bonds. The lowest BCUT2D eigenvalue weighted by molar-refractivity contribution is 0.0723. The van der Waals surface area contributed by atoms with Crippen molar-refractivity contribution in [2.75, 3.05) is 6.54 Å². The first kappa shape index (κ1) is 12.8. The number of aryl methyl sites for hydroxylation is 1. The molecule has 1 saturated heterocycles. The minimum absolute atomic E-state index is 0.201. The number of rotatable bonds is 2. The highest BCUT2D eigenvalue weighted by Crippen LogP contribution is 2.34. The summed E-state index contributed by atoms with van der Waals surface area (Å²) in [6.07, 6.45) is 1.63. The van der Waals surface area contributed by atoms with Crippen LogP contribution in [0.2, 0.25) is 0 Å². The number of hydrogen-bond donors (Lipinski definition) is 0. The van der Waals surface area contributed by atoms with E-state index in [2.05, 4.69) is 5.16 Å². The van der Waals surface area contributed by atoms with Gasteiger partial charge in [-0.3, -0.25) is 4.79 Å². The van der Waals surface area contributed by atoms with Crippen LogP contribution in [-0.2, 0) is 0 Å². The Morgan fingerprint density at radius 2 is 2.25 bits per heavy atom. The molecule has 1 aromatic carbocycles. The third kappa shape index (κ3) is 2.19. The van der Waals surface area contributed by atoms with Gasteiger partial charge in [0.25, 0.3) is 5.91 Å². The van der Waals surface area contributed by atoms with Gasteiger partial charge in [0.15, 0.2) is 5.69 Å². The van der Waals surface area contributed by atoms with Gasteiger partial charge in [-0.2, -0.15) is 0 Å². The molecule has 3 rings (SSSR count). The highest BCUT2D eigenvalue weighted by Gasteiger charge is 2.33. The van der Waals surface area contributed by atoms with Gasteiger partial charge in [-0.25, -0.2) is 4.39 Å². The topological polar surface area (TPSA) is 46.3 Å². The van der Waals surface area contributed by atoms with Crippen molar-refractivity contribution in [1.29, 1.82) is 0 Å². The number of amides is 1. The maximum Gasteiger partial charge on any atom is 0.276 e. The molecular weight excluding hydrogens is 259 g/mol. The van der Waals surface area contributed by atoms with E-state index in [0.717, 1.165) is 12.8 Å². The van der Waals surface area contributed by atoms with Crippen LogP contribution in [0.3, 0.4) is 0 Å². The predicted octanol–water partition coefficient (Wildman–Crippen LogP) is 3.10. The quantitative estimate of drug-likeness (QED) is 0.845. The Kier molecular flexibility index (Phi) is 3.26. The van der Waals surface area contributed by atoms with Crippen molar-refractivity contribution < 1.29 is 13.7 Å². The van der Waals surface area contributed by atoms with Gasteiger partial charge in [-0.15, -0.1) is 0 Å². The smallest absolute Gasteiger partial charge is 0.276 e. The molecule has 1 unspecified atom stereocenters. The second-order valence-electron chi connectivity index (χ2n) is 5.00. The van der Waals surface area contributed by atoms with Gasteiger partial charge in [0.1, 0.15) is 11.6 Å². The highest BCUT2D eigenvalue weighted by atomic mass is 19.1. The third-order valence-electron chi connectivity index (χ3n) is 3.62. The van der Waals surface area contributed by atoms with Gasteiger partial charge >= 0.3 is 0 Å². The van der Waals surface area contributed by atoms with E-state index >= 15 is 0 Å². The molecular formula is C15H15FN2O2. The molecule has 0 spiro atoms. The summed E-state index contributed by atoms with van der Waals surface area (Å²) in [5, 5.41) is 3.75. The van der Waals surface area contributed by atoms with E-state index in [1.165, 1.54) is 6.07 Å². The Morgan fingerprint density at radius 3 is 2.95 bits per heavy atom. The molecule has 0 bridgehead atoms. The van der Waals surface area contributed by atoms with Crippen molar-refractivity contribution >= 4 is 5.91 Å². The summed E-state index contributed by atoms with van der Waals surface area (Å²) in [5.74, 6) is 0.121. The average molecular weight is 274 g/mol. The van der Waals surface area contributed by atoms with Crippen LogP contribution in [0, 0.1) is 12.7 Å². The van der Waals surface area contributed by atoms with Crippen LogP contribution in [0.15, 0.2) is 34.9 Å². The minimum atomic E-state index is -0.270. The van der Waals surface area contributed by atoms with E-state index in [1.807, 2.05) is 0 Å². The molecule has 2 heterocycles. The lowest BCUT2D eigenvalue weighted by atomic mass is 10.0. The molecule has 0 aliphatic carbocycles. The standard InChI is InChI=1S/C15H15FN2O2/c1-10-9-13(17-20-10)15(19)18-8-4-7-14(18)11-5-2-3-6-12(11)16/h2-3,5-6,9,14H,4,7-8H2,1H3. The van der Waals surface area contributed by atoms with E-state index in [1.54, 1.807) is 36.1 Å². The van der Waals surface area contributed by atoms with E-state index in [-0.39, 0.29) is 23.5 Å². The SMILES string of the molecule is Cc1cc(C(=O)N2CCCC2c2ccccc2F)no1. The van der Waals surface area contributed by atoms with Gasteiger partial charge in [-0.1, -0.05) is 23.4 Å². The molecule has 1 aromatic heterocycles. The molecule has 104 valence electrons. The van der Waals surface area contributed by atoms with Gasteiger partial charge in [0, 0.05) is 18.2 Å². The summed E-state index contributed by atoms with van der Waals surface area (Å²) in [6, 6.07) is 8.00. The fourth-order valence-electron chi connectivity index (χ4n) is 2.69. The molecule has 5 heteroatoms. The number of carbonyl (C=O) groups excluding carboxylic acids is 1. The first-order chi connectivity index (χ1) is 9.66. The van der Waals surface area contributed by atoms with Crippen molar-refractivity contribution in [3.63, 3.8) is 0 Å². The fourth-order valence-corrected chi connectivity index (χ4v) is 2.69. The second-order valence-corrected chi connectivity index (χ2v) is 5.00. The first-order valence-corrected chi connectivity index (χ1v) is 6.65. The summed E-state index contributed by atoms with van der Waals surface area (Å²) in [5.41, 5.74) is 0.851. The summed E-state index contributed by atoms with van der Waals surface area (Å²) in [6.45, 7) is 2.35. The van der Waals surface area contributed by atoms with Crippen LogP contribution in [0.1, 0.15) is 40.7 Å². The van der Waals surface area contributed by atoms with Crippen LogP contribution in [0.5, 0.6) is 0 Å². The Labute approximate surface area is 116 Å². The van der Waals surface area contributed by atoms with Crippen molar-refractivity contribution in [2.24, 2.45) is 0 Å². The Balaban J connectivity index is 1.90. The van der Waals surface area contributed by atoms with E-state index in [4.69, 9.17) is 4.52 Å². The number of halogens is 1. The molecule has 0 saturated carbocycles. The van der Waals surface area contributed by atoms with E-state index < -0.39 is 0 Å². The van der Waals surface area contributed by atoms with Crippen LogP contribution in [0.4, 0.5) is 4.39 Å². The van der Waals surface area contributed by atoms with Gasteiger partial charge in [-0.05, 0) is 25.8 Å². The van der Waals surface area contributed by atoms with E-state index in [9.17, 15) is 9.18 Å². The van der Waals surface area contributed by atoms with Crippen LogP contribution in [-0.4, -0.2) is 22.5 Å². The summed E-state index contributed by atoms with van der Waals surface area (Å²) < 4.78 is 18.9. The molecule has 0 N–H and O–H groups in total. The molecule has 1 atom stereocenters. The van der Waals surface area contributed by atoms with Crippen LogP contribution >= 0.6 is 0 Å². The molecule has 0 radical (unpaired) electrons. The number of benzene rings is 1. The lowest BCUT2D eigenvalue weighted by Crippen LogP contribution is -2.31.